The van der Waals surface area contributed by atoms with Crippen molar-refractivity contribution in [2.24, 2.45) is 0 Å². The fraction of sp³-hybridized carbons (Fsp3) is 0.0400. The molecule has 0 aliphatic heterocycles. The zero-order valence-corrected chi connectivity index (χ0v) is 18.8. The summed E-state index contributed by atoms with van der Waals surface area (Å²) in [7, 11) is 0. The number of hydrogen-bond acceptors (Lipinski definition) is 6. The third kappa shape index (κ3) is 5.78. The first-order valence-electron chi connectivity index (χ1n) is 10.8. The molecule has 0 saturated heterocycles. The van der Waals surface area contributed by atoms with E-state index >= 15 is 0 Å². The van der Waals surface area contributed by atoms with Crippen LogP contribution in [0.3, 0.4) is 0 Å². The van der Waals surface area contributed by atoms with Gasteiger partial charge in [0.05, 0.1) is 6.54 Å². The average Bonchev–Trinajstić information content (AvgIpc) is 3.35. The molecule has 0 radical (unpaired) electrons. The first-order chi connectivity index (χ1) is 17.5. The first kappa shape index (κ1) is 23.8. The van der Waals surface area contributed by atoms with Crippen LogP contribution >= 0.6 is 0 Å². The lowest BCUT2D eigenvalue weighted by Crippen LogP contribution is -2.45. The van der Waals surface area contributed by atoms with Gasteiger partial charge in [-0.05, 0) is 29.8 Å². The molecule has 4 amide bonds. The highest BCUT2D eigenvalue weighted by atomic mass is 16.2. The van der Waals surface area contributed by atoms with Crippen molar-refractivity contribution in [1.29, 1.82) is 0 Å². The van der Waals surface area contributed by atoms with Gasteiger partial charge in [0.1, 0.15) is 0 Å². The van der Waals surface area contributed by atoms with Gasteiger partial charge in [-0.2, -0.15) is 0 Å². The molecular formula is C25H21N7O4. The van der Waals surface area contributed by atoms with E-state index in [9.17, 15) is 19.2 Å². The molecule has 0 aliphatic carbocycles. The molecule has 36 heavy (non-hydrogen) atoms. The van der Waals surface area contributed by atoms with Crippen molar-refractivity contribution in [2.45, 2.75) is 6.54 Å². The summed E-state index contributed by atoms with van der Waals surface area (Å²) in [5, 5.41) is 7.79. The summed E-state index contributed by atoms with van der Waals surface area (Å²) >= 11 is 0. The van der Waals surface area contributed by atoms with Crippen molar-refractivity contribution in [3.05, 3.63) is 119 Å². The smallest absolute Gasteiger partial charge is 0.267 e. The van der Waals surface area contributed by atoms with Gasteiger partial charge in [0.2, 0.25) is 0 Å². The van der Waals surface area contributed by atoms with E-state index in [0.29, 0.717) is 11.1 Å². The topological polar surface area (TPSA) is 147 Å². The van der Waals surface area contributed by atoms with Gasteiger partial charge in [0, 0.05) is 11.1 Å². The second-order valence-electron chi connectivity index (χ2n) is 7.48. The molecule has 1 heterocycles. The molecule has 0 aliphatic rings. The summed E-state index contributed by atoms with van der Waals surface area (Å²) in [6.45, 7) is 0.132. The Morgan fingerprint density at radius 2 is 1.03 bits per heavy atom. The molecule has 11 nitrogen and oxygen atoms in total. The van der Waals surface area contributed by atoms with Gasteiger partial charge in [-0.3, -0.25) is 40.9 Å². The SMILES string of the molecule is O=C(NNC(=O)c1nnn(Cc2ccccc2)c1C(=O)NNC(=O)c1ccccc1)c1ccccc1. The van der Waals surface area contributed by atoms with Gasteiger partial charge in [0.15, 0.2) is 11.4 Å². The Morgan fingerprint density at radius 1 is 0.583 bits per heavy atom. The van der Waals surface area contributed by atoms with Gasteiger partial charge in [-0.1, -0.05) is 71.9 Å². The van der Waals surface area contributed by atoms with E-state index in [1.807, 2.05) is 30.3 Å². The Hall–Kier alpha value is -5.32. The minimum atomic E-state index is -0.863. The van der Waals surface area contributed by atoms with Crippen LogP contribution in [0.4, 0.5) is 0 Å². The van der Waals surface area contributed by atoms with E-state index in [-0.39, 0.29) is 17.9 Å². The minimum absolute atomic E-state index is 0.132. The second-order valence-corrected chi connectivity index (χ2v) is 7.48. The number of aromatic nitrogens is 3. The summed E-state index contributed by atoms with van der Waals surface area (Å²) in [6.07, 6.45) is 0. The van der Waals surface area contributed by atoms with Gasteiger partial charge >= 0.3 is 0 Å². The molecule has 4 aromatic rings. The molecule has 11 heteroatoms. The van der Waals surface area contributed by atoms with Gasteiger partial charge in [0.25, 0.3) is 23.6 Å². The molecule has 0 saturated carbocycles. The molecule has 0 spiro atoms. The van der Waals surface area contributed by atoms with Crippen molar-refractivity contribution in [1.82, 2.24) is 36.7 Å². The van der Waals surface area contributed by atoms with Crippen LogP contribution in [0.5, 0.6) is 0 Å². The molecule has 4 rings (SSSR count). The lowest BCUT2D eigenvalue weighted by Gasteiger charge is -2.11. The van der Waals surface area contributed by atoms with Crippen LogP contribution in [0.2, 0.25) is 0 Å². The molecule has 1 aromatic heterocycles. The highest BCUT2D eigenvalue weighted by Crippen LogP contribution is 2.10. The van der Waals surface area contributed by atoms with E-state index in [4.69, 9.17) is 0 Å². The Labute approximate surface area is 205 Å². The average molecular weight is 483 g/mol. The summed E-state index contributed by atoms with van der Waals surface area (Å²) < 4.78 is 1.23. The largest absolute Gasteiger partial charge is 0.292 e. The summed E-state index contributed by atoms with van der Waals surface area (Å²) in [4.78, 5) is 50.5. The third-order valence-corrected chi connectivity index (χ3v) is 4.99. The quantitative estimate of drug-likeness (QED) is 0.306. The number of amides is 4. The predicted molar refractivity (Wildman–Crippen MR) is 128 cm³/mol. The predicted octanol–water partition coefficient (Wildman–Crippen LogP) is 1.48. The number of carbonyl (C=O) groups is 4. The zero-order valence-electron chi connectivity index (χ0n) is 18.8. The van der Waals surface area contributed by atoms with Crippen LogP contribution in [-0.2, 0) is 6.54 Å². The maximum Gasteiger partial charge on any atom is 0.292 e. The number of rotatable bonds is 6. The number of hydrazine groups is 2. The summed E-state index contributed by atoms with van der Waals surface area (Å²) in [5.74, 6) is -2.79. The Balaban J connectivity index is 1.52. The zero-order chi connectivity index (χ0) is 25.3. The van der Waals surface area contributed by atoms with Crippen molar-refractivity contribution in [3.63, 3.8) is 0 Å². The number of nitrogens with zero attached hydrogens (tertiary/aromatic N) is 3. The third-order valence-electron chi connectivity index (χ3n) is 4.99. The Bertz CT molecular complexity index is 1370. The molecule has 3 aromatic carbocycles. The van der Waals surface area contributed by atoms with Crippen molar-refractivity contribution >= 4 is 23.6 Å². The second kappa shape index (κ2) is 11.2. The normalized spacial score (nSPS) is 10.2. The molecule has 0 unspecified atom stereocenters. The van der Waals surface area contributed by atoms with Gasteiger partial charge in [-0.25, -0.2) is 4.68 Å². The number of nitrogens with one attached hydrogen (secondary N) is 4. The Kier molecular flexibility index (Phi) is 7.41. The summed E-state index contributed by atoms with van der Waals surface area (Å²) in [6, 6.07) is 25.7. The van der Waals surface area contributed by atoms with E-state index in [1.54, 1.807) is 60.7 Å². The van der Waals surface area contributed by atoms with Gasteiger partial charge in [-0.15, -0.1) is 5.10 Å². The van der Waals surface area contributed by atoms with E-state index in [0.717, 1.165) is 5.56 Å². The fourth-order valence-electron chi connectivity index (χ4n) is 3.23. The highest BCUT2D eigenvalue weighted by molar-refractivity contribution is 6.06. The van der Waals surface area contributed by atoms with Crippen LogP contribution in [0.1, 0.15) is 47.3 Å². The maximum absolute atomic E-state index is 13.0. The number of hydrogen-bond donors (Lipinski definition) is 4. The first-order valence-corrected chi connectivity index (χ1v) is 10.8. The number of benzene rings is 3. The van der Waals surface area contributed by atoms with E-state index in [1.165, 1.54) is 4.68 Å². The lowest BCUT2D eigenvalue weighted by molar-refractivity contribution is 0.0825. The van der Waals surface area contributed by atoms with Crippen molar-refractivity contribution in [2.75, 3.05) is 0 Å². The van der Waals surface area contributed by atoms with E-state index in [2.05, 4.69) is 32.0 Å². The molecular weight excluding hydrogens is 462 g/mol. The van der Waals surface area contributed by atoms with Crippen LogP contribution in [0.25, 0.3) is 0 Å². The molecule has 4 N–H and O–H groups in total. The summed E-state index contributed by atoms with van der Waals surface area (Å²) in [5.41, 5.74) is 10.0. The van der Waals surface area contributed by atoms with Crippen LogP contribution in [-0.4, -0.2) is 38.6 Å². The number of carbonyl (C=O) groups excluding carboxylic acids is 4. The Morgan fingerprint density at radius 3 is 1.56 bits per heavy atom. The van der Waals surface area contributed by atoms with Gasteiger partial charge < -0.3 is 0 Å². The maximum atomic E-state index is 13.0. The molecule has 0 atom stereocenters. The van der Waals surface area contributed by atoms with Crippen LogP contribution in [0.15, 0.2) is 91.0 Å². The lowest BCUT2D eigenvalue weighted by atomic mass is 10.2. The van der Waals surface area contributed by atoms with Crippen LogP contribution < -0.4 is 21.7 Å². The monoisotopic (exact) mass is 483 g/mol. The van der Waals surface area contributed by atoms with Crippen molar-refractivity contribution < 1.29 is 19.2 Å². The van der Waals surface area contributed by atoms with Crippen LogP contribution in [0, 0.1) is 0 Å². The molecule has 180 valence electrons. The molecule has 0 fully saturated rings. The fourth-order valence-corrected chi connectivity index (χ4v) is 3.23. The standard InChI is InChI=1S/C25H21N7O4/c33-22(18-12-6-2-7-13-18)27-29-24(35)20-21(32(31-26-20)16-17-10-4-1-5-11-17)25(36)30-28-23(34)19-14-8-3-9-15-19/h1-15H,16H2,(H,27,33)(H,28,34)(H,29,35)(H,30,36). The minimum Gasteiger partial charge on any atom is -0.267 e. The van der Waals surface area contributed by atoms with E-state index < -0.39 is 23.6 Å². The van der Waals surface area contributed by atoms with Crippen molar-refractivity contribution in [3.8, 4) is 0 Å². The highest BCUT2D eigenvalue weighted by Gasteiger charge is 2.26. The molecule has 0 bridgehead atoms.